The third-order valence-corrected chi connectivity index (χ3v) is 15.6. The first-order valence-corrected chi connectivity index (χ1v) is 26.9. The molecule has 416 valence electrons. The molecule has 17 heteroatoms. The molecule has 2 bridgehead atoms. The van der Waals surface area contributed by atoms with E-state index in [1.54, 1.807) is 34.0 Å². The number of hydrogen-bond donors (Lipinski definition) is 5. The number of Topliss-reactive ketones (excluding diaryl/α,β-unsaturated/α-hetero) is 2. The molecule has 1 saturated carbocycles. The number of piperidine rings is 1. The Morgan fingerprint density at radius 3 is 2.23 bits per heavy atom. The van der Waals surface area contributed by atoms with E-state index in [0.717, 1.165) is 12.0 Å². The molecular formula is C56H91NO16. The molecule has 1 aliphatic carbocycles. The van der Waals surface area contributed by atoms with Crippen molar-refractivity contribution in [3.63, 3.8) is 0 Å². The Labute approximate surface area is 434 Å². The van der Waals surface area contributed by atoms with Crippen molar-refractivity contribution >= 4 is 23.4 Å². The number of hydrogen-bond acceptors (Lipinski definition) is 16. The lowest BCUT2D eigenvalue weighted by molar-refractivity contribution is -0.266. The number of amides is 1. The highest BCUT2D eigenvalue weighted by Gasteiger charge is 2.53. The summed E-state index contributed by atoms with van der Waals surface area (Å²) in [5.74, 6) is -7.57. The Hall–Kier alpha value is -3.20. The van der Waals surface area contributed by atoms with Crippen LogP contribution in [0.3, 0.4) is 0 Å². The van der Waals surface area contributed by atoms with E-state index in [9.17, 15) is 44.7 Å². The van der Waals surface area contributed by atoms with Gasteiger partial charge in [0.15, 0.2) is 5.78 Å². The van der Waals surface area contributed by atoms with E-state index in [0.29, 0.717) is 56.9 Å². The molecular weight excluding hydrogens is 943 g/mol. The molecule has 2 unspecified atom stereocenters. The van der Waals surface area contributed by atoms with Gasteiger partial charge in [0.2, 0.25) is 5.79 Å². The Morgan fingerprint density at radius 2 is 1.53 bits per heavy atom. The van der Waals surface area contributed by atoms with Gasteiger partial charge in [0.05, 0.1) is 70.2 Å². The van der Waals surface area contributed by atoms with Crippen LogP contribution in [0.25, 0.3) is 0 Å². The molecule has 73 heavy (non-hydrogen) atoms. The van der Waals surface area contributed by atoms with Crippen LogP contribution < -0.4 is 0 Å². The molecule has 3 fully saturated rings. The summed E-state index contributed by atoms with van der Waals surface area (Å²) in [5, 5.41) is 54.2. The van der Waals surface area contributed by atoms with Crippen LogP contribution in [0.5, 0.6) is 0 Å². The van der Waals surface area contributed by atoms with Crippen LogP contribution in [-0.4, -0.2) is 175 Å². The van der Waals surface area contributed by atoms with Crippen LogP contribution in [0, 0.1) is 35.5 Å². The molecule has 0 radical (unpaired) electrons. The number of aliphatic hydroxyl groups excluding tert-OH is 4. The summed E-state index contributed by atoms with van der Waals surface area (Å²) in [7, 11) is 3.02. The molecule has 16 atom stereocenters. The first-order chi connectivity index (χ1) is 34.8. The fourth-order valence-corrected chi connectivity index (χ4v) is 11.0. The number of nitrogens with zero attached hydrogens (tertiary/aromatic N) is 1. The number of allylic oxidation sites excluding steroid dienone is 5. The number of cyclic esters (lactones) is 1. The number of aliphatic hydroxyl groups is 5. The SMILES string of the molecule is CO[C@@H]1C[C@H](C[C@@H](C)[C@@H]2CC(O)[C@H](C)/C=C(\C)[C@@H](O)[C@@H](OC)C(=O)[C@H](C)C[C@H](C)/C=C/C=C/C=C(\C)C(OCCOCCO)C[C@@H]3CC[C@@H](C)[C@@](O)(O3)C(=O)C(=O)N3CCCC[C@H]3C(=O)O2)CC[C@H]1OCCO. The van der Waals surface area contributed by atoms with Gasteiger partial charge in [0.1, 0.15) is 24.4 Å². The molecule has 2 saturated heterocycles. The summed E-state index contributed by atoms with van der Waals surface area (Å²) in [4.78, 5) is 58.5. The van der Waals surface area contributed by atoms with Crippen molar-refractivity contribution in [1.82, 2.24) is 4.90 Å². The minimum absolute atomic E-state index is 0.00201. The second kappa shape index (κ2) is 31.1. The number of ether oxygens (including phenoxy) is 7. The zero-order valence-electron chi connectivity index (χ0n) is 45.2. The predicted octanol–water partition coefficient (Wildman–Crippen LogP) is 5.37. The molecule has 4 rings (SSSR count). The van der Waals surface area contributed by atoms with Gasteiger partial charge in [-0.1, -0.05) is 71.1 Å². The molecule has 0 aromatic heterocycles. The number of methoxy groups -OCH3 is 2. The Kier molecular flexibility index (Phi) is 26.6. The third kappa shape index (κ3) is 18.2. The third-order valence-electron chi connectivity index (χ3n) is 15.6. The summed E-state index contributed by atoms with van der Waals surface area (Å²) in [6, 6.07) is -1.14. The monoisotopic (exact) mass is 1030 g/mol. The van der Waals surface area contributed by atoms with E-state index < -0.39 is 83.9 Å². The fourth-order valence-electron chi connectivity index (χ4n) is 11.0. The van der Waals surface area contributed by atoms with Crippen LogP contribution in [-0.2, 0) is 52.3 Å². The summed E-state index contributed by atoms with van der Waals surface area (Å²) in [6.45, 7) is 13.4. The average Bonchev–Trinajstić information content (AvgIpc) is 3.37. The zero-order valence-corrected chi connectivity index (χ0v) is 45.2. The number of esters is 1. The minimum atomic E-state index is -2.48. The van der Waals surface area contributed by atoms with Gasteiger partial charge >= 0.3 is 5.97 Å². The molecule has 1 amide bonds. The summed E-state index contributed by atoms with van der Waals surface area (Å²) >= 11 is 0. The predicted molar refractivity (Wildman–Crippen MR) is 274 cm³/mol. The van der Waals surface area contributed by atoms with E-state index >= 15 is 0 Å². The van der Waals surface area contributed by atoms with Gasteiger partial charge in [-0.25, -0.2) is 4.79 Å². The van der Waals surface area contributed by atoms with Gasteiger partial charge in [0, 0.05) is 51.4 Å². The zero-order chi connectivity index (χ0) is 53.8. The van der Waals surface area contributed by atoms with E-state index in [-0.39, 0.29) is 101 Å². The Balaban J connectivity index is 1.71. The molecule has 0 aromatic rings. The standard InChI is InChI=1S/C56H91NO16/c1-35-15-11-10-12-16-36(2)47(71-28-27-69-25-23-58)33-43-20-18-41(7)56(66,73-43)53(63)54(64)57-22-14-13-17-44(57)55(65)72-48(38(4)31-42-19-21-46(70-26-24-59)49(32-42)67-8)34-45(60)37(3)30-40(6)51(62)52(68-9)50(61)39(5)29-35/h10-12,15-16,30,35,37-39,41-49,51-52,58-60,62,66H,13-14,17-29,31-34H2,1-9H3/b12-10+,15-11+,36-16+,40-30+/t35-,37-,38-,39-,41-,42+,43+,44+,45?,46-,47?,48+,49-,51-,52+,56-/m1/s1. The number of carbonyl (C=O) groups excluding carboxylic acids is 4. The van der Waals surface area contributed by atoms with E-state index in [1.165, 1.54) is 12.0 Å². The van der Waals surface area contributed by atoms with Gasteiger partial charge in [-0.15, -0.1) is 0 Å². The summed E-state index contributed by atoms with van der Waals surface area (Å²) in [6.07, 6.45) is 10.9. The topological polar surface area (TPSA) is 237 Å². The first kappa shape index (κ1) is 62.3. The normalized spacial score (nSPS) is 38.3. The quantitative estimate of drug-likeness (QED) is 0.0637. The lowest BCUT2D eigenvalue weighted by atomic mass is 9.78. The van der Waals surface area contributed by atoms with Crippen molar-refractivity contribution in [2.24, 2.45) is 35.5 Å². The summed E-state index contributed by atoms with van der Waals surface area (Å²) < 4.78 is 41.7. The van der Waals surface area contributed by atoms with Crippen LogP contribution in [0.2, 0.25) is 0 Å². The Bertz CT molecular complexity index is 1850. The lowest BCUT2D eigenvalue weighted by Crippen LogP contribution is -2.61. The van der Waals surface area contributed by atoms with Crippen molar-refractivity contribution in [2.75, 3.05) is 60.4 Å². The highest BCUT2D eigenvalue weighted by Crippen LogP contribution is 2.38. The van der Waals surface area contributed by atoms with Gasteiger partial charge in [-0.3, -0.25) is 14.4 Å². The van der Waals surface area contributed by atoms with Crippen LogP contribution >= 0.6 is 0 Å². The number of fused-ring (bicyclic) bond motifs is 3. The smallest absolute Gasteiger partial charge is 0.329 e. The van der Waals surface area contributed by atoms with E-state index in [2.05, 4.69) is 0 Å². The molecule has 5 N–H and O–H groups in total. The molecule has 4 aliphatic rings. The molecule has 3 aliphatic heterocycles. The van der Waals surface area contributed by atoms with E-state index in [4.69, 9.17) is 33.2 Å². The maximum Gasteiger partial charge on any atom is 0.329 e. The largest absolute Gasteiger partial charge is 0.460 e. The second-order valence-electron chi connectivity index (χ2n) is 21.3. The fraction of sp³-hybridized carbons (Fsp3) is 0.786. The maximum absolute atomic E-state index is 14.6. The van der Waals surface area contributed by atoms with Crippen molar-refractivity contribution < 1.29 is 77.9 Å². The Morgan fingerprint density at radius 1 is 0.795 bits per heavy atom. The van der Waals surface area contributed by atoms with Gasteiger partial charge in [-0.05, 0) is 107 Å². The van der Waals surface area contributed by atoms with Gasteiger partial charge in [0.25, 0.3) is 11.7 Å². The molecule has 3 heterocycles. The minimum Gasteiger partial charge on any atom is -0.460 e. The van der Waals surface area contributed by atoms with Gasteiger partial charge < -0.3 is 63.6 Å². The van der Waals surface area contributed by atoms with Crippen LogP contribution in [0.15, 0.2) is 47.6 Å². The van der Waals surface area contributed by atoms with Gasteiger partial charge in [-0.2, -0.15) is 0 Å². The number of carbonyl (C=O) groups is 4. The van der Waals surface area contributed by atoms with Crippen LogP contribution in [0.1, 0.15) is 126 Å². The van der Waals surface area contributed by atoms with Crippen molar-refractivity contribution in [3.05, 3.63) is 47.6 Å². The number of rotatable bonds is 14. The maximum atomic E-state index is 14.6. The van der Waals surface area contributed by atoms with Crippen molar-refractivity contribution in [1.29, 1.82) is 0 Å². The molecule has 0 aromatic carbocycles. The average molecular weight is 1030 g/mol. The molecule has 0 spiro atoms. The lowest BCUT2D eigenvalue weighted by Gasteiger charge is -2.43. The second-order valence-corrected chi connectivity index (χ2v) is 21.3. The number of ketones is 2. The van der Waals surface area contributed by atoms with Crippen molar-refractivity contribution in [3.8, 4) is 0 Å². The highest BCUT2D eigenvalue weighted by molar-refractivity contribution is 6.39. The van der Waals surface area contributed by atoms with E-state index in [1.807, 2.05) is 58.1 Å². The first-order valence-electron chi connectivity index (χ1n) is 26.9. The van der Waals surface area contributed by atoms with Crippen molar-refractivity contribution in [2.45, 2.75) is 186 Å². The summed E-state index contributed by atoms with van der Waals surface area (Å²) in [5.41, 5.74) is 1.26. The highest BCUT2D eigenvalue weighted by atomic mass is 16.6. The molecule has 17 nitrogen and oxygen atoms in total. The van der Waals surface area contributed by atoms with Crippen LogP contribution in [0.4, 0.5) is 0 Å².